The second-order valence-corrected chi connectivity index (χ2v) is 6.79. The van der Waals surface area contributed by atoms with Gasteiger partial charge in [-0.3, -0.25) is 10.1 Å². The minimum Gasteiger partial charge on any atom is -0.393 e. The summed E-state index contributed by atoms with van der Waals surface area (Å²) in [6, 6.07) is 2.21. The zero-order chi connectivity index (χ0) is 15.1. The first-order valence-corrected chi connectivity index (χ1v) is 7.65. The van der Waals surface area contributed by atoms with Crippen LogP contribution in [0.4, 0.5) is 5.69 Å². The molecule has 0 radical (unpaired) electrons. The Hall–Kier alpha value is -1.51. The summed E-state index contributed by atoms with van der Waals surface area (Å²) in [5.41, 5.74) is 0.903. The molecule has 0 aromatic heterocycles. The van der Waals surface area contributed by atoms with Crippen molar-refractivity contribution < 1.29 is 18.4 Å². The van der Waals surface area contributed by atoms with Crippen molar-refractivity contribution in [3.05, 3.63) is 33.4 Å². The number of hydrogen-bond acceptors (Lipinski definition) is 5. The van der Waals surface area contributed by atoms with E-state index >= 15 is 0 Å². The Morgan fingerprint density at radius 3 is 2.35 bits per heavy atom. The molecule has 1 aromatic rings. The fraction of sp³-hybridized carbons (Fsp3) is 0.500. The Morgan fingerprint density at radius 2 is 1.85 bits per heavy atom. The van der Waals surface area contributed by atoms with Gasteiger partial charge < -0.3 is 5.11 Å². The SMILES string of the molecule is Cc1cc([N+](=O)[O-])c(S(=O)(=O)NC2CC(O)C2)cc1C. The molecule has 0 unspecified atom stereocenters. The van der Waals surface area contributed by atoms with E-state index in [1.54, 1.807) is 13.8 Å². The van der Waals surface area contributed by atoms with Crippen molar-refractivity contribution in [1.29, 1.82) is 0 Å². The van der Waals surface area contributed by atoms with Gasteiger partial charge in [0.1, 0.15) is 0 Å². The fourth-order valence-electron chi connectivity index (χ4n) is 2.10. The van der Waals surface area contributed by atoms with Gasteiger partial charge in [0.05, 0.1) is 11.0 Å². The Kier molecular flexibility index (Phi) is 3.81. The molecule has 0 saturated heterocycles. The number of nitro groups is 1. The largest absolute Gasteiger partial charge is 0.393 e. The van der Waals surface area contributed by atoms with E-state index in [1.807, 2.05) is 0 Å². The molecule has 1 aromatic carbocycles. The van der Waals surface area contributed by atoms with Gasteiger partial charge in [-0.15, -0.1) is 0 Å². The first-order chi connectivity index (χ1) is 9.20. The molecule has 110 valence electrons. The maximum absolute atomic E-state index is 12.2. The van der Waals surface area contributed by atoms with Gasteiger partial charge in [-0.05, 0) is 43.9 Å². The molecule has 20 heavy (non-hydrogen) atoms. The van der Waals surface area contributed by atoms with Crippen LogP contribution < -0.4 is 4.72 Å². The highest BCUT2D eigenvalue weighted by molar-refractivity contribution is 7.89. The Labute approximate surface area is 116 Å². The third-order valence-corrected chi connectivity index (χ3v) is 5.05. The van der Waals surface area contributed by atoms with Gasteiger partial charge >= 0.3 is 0 Å². The smallest absolute Gasteiger partial charge is 0.289 e. The molecule has 0 amide bonds. The minimum atomic E-state index is -3.96. The summed E-state index contributed by atoms with van der Waals surface area (Å²) < 4.78 is 26.9. The third kappa shape index (κ3) is 2.82. The van der Waals surface area contributed by atoms with E-state index < -0.39 is 26.7 Å². The summed E-state index contributed by atoms with van der Waals surface area (Å²) in [6.45, 7) is 3.39. The van der Waals surface area contributed by atoms with Crippen molar-refractivity contribution in [2.75, 3.05) is 0 Å². The number of aliphatic hydroxyl groups is 1. The van der Waals surface area contributed by atoms with E-state index in [0.29, 0.717) is 24.0 Å². The quantitative estimate of drug-likeness (QED) is 0.637. The number of nitrogens with one attached hydrogen (secondary N) is 1. The predicted octanol–water partition coefficient (Wildman–Crippen LogP) is 1.01. The highest BCUT2D eigenvalue weighted by Gasteiger charge is 2.34. The highest BCUT2D eigenvalue weighted by atomic mass is 32.2. The molecular weight excluding hydrogens is 284 g/mol. The normalized spacial score (nSPS) is 22.4. The van der Waals surface area contributed by atoms with Crippen LogP contribution in [-0.2, 0) is 10.0 Å². The topological polar surface area (TPSA) is 110 Å². The Morgan fingerprint density at radius 1 is 1.30 bits per heavy atom. The van der Waals surface area contributed by atoms with Gasteiger partial charge in [-0.25, -0.2) is 13.1 Å². The number of aryl methyl sites for hydroxylation is 2. The molecular formula is C12H16N2O5S. The summed E-state index contributed by atoms with van der Waals surface area (Å²) in [7, 11) is -3.96. The van der Waals surface area contributed by atoms with E-state index in [1.165, 1.54) is 12.1 Å². The summed E-state index contributed by atoms with van der Waals surface area (Å²) >= 11 is 0. The van der Waals surface area contributed by atoms with Crippen molar-refractivity contribution in [3.63, 3.8) is 0 Å². The van der Waals surface area contributed by atoms with E-state index in [2.05, 4.69) is 4.72 Å². The zero-order valence-corrected chi connectivity index (χ0v) is 12.0. The molecule has 1 aliphatic carbocycles. The summed E-state index contributed by atoms with van der Waals surface area (Å²) in [4.78, 5) is 10.0. The predicted molar refractivity (Wildman–Crippen MR) is 71.9 cm³/mol. The molecule has 1 fully saturated rings. The van der Waals surface area contributed by atoms with Gasteiger partial charge in [-0.1, -0.05) is 0 Å². The average molecular weight is 300 g/mol. The molecule has 0 heterocycles. The van der Waals surface area contributed by atoms with Crippen LogP contribution in [0.3, 0.4) is 0 Å². The molecule has 0 bridgehead atoms. The number of aliphatic hydroxyl groups excluding tert-OH is 1. The van der Waals surface area contributed by atoms with Crippen LogP contribution in [0.15, 0.2) is 17.0 Å². The summed E-state index contributed by atoms with van der Waals surface area (Å²) in [5.74, 6) is 0. The van der Waals surface area contributed by atoms with Crippen molar-refractivity contribution in [3.8, 4) is 0 Å². The summed E-state index contributed by atoms with van der Waals surface area (Å²) in [6.07, 6.45) is 0.160. The lowest BCUT2D eigenvalue weighted by atomic mass is 9.91. The molecule has 7 nitrogen and oxygen atoms in total. The first kappa shape index (κ1) is 14.9. The highest BCUT2D eigenvalue weighted by Crippen LogP contribution is 2.29. The third-order valence-electron chi connectivity index (χ3n) is 3.50. The summed E-state index contributed by atoms with van der Waals surface area (Å²) in [5, 5.41) is 20.2. The first-order valence-electron chi connectivity index (χ1n) is 6.16. The zero-order valence-electron chi connectivity index (χ0n) is 11.2. The molecule has 0 aliphatic heterocycles. The monoisotopic (exact) mass is 300 g/mol. The lowest BCUT2D eigenvalue weighted by Crippen LogP contribution is -2.46. The van der Waals surface area contributed by atoms with E-state index in [9.17, 15) is 18.5 Å². The van der Waals surface area contributed by atoms with Crippen LogP contribution in [-0.4, -0.2) is 30.6 Å². The average Bonchev–Trinajstić information content (AvgIpc) is 2.29. The van der Waals surface area contributed by atoms with Crippen molar-refractivity contribution in [1.82, 2.24) is 4.72 Å². The van der Waals surface area contributed by atoms with Crippen LogP contribution >= 0.6 is 0 Å². The molecule has 1 saturated carbocycles. The van der Waals surface area contributed by atoms with E-state index in [-0.39, 0.29) is 10.9 Å². The van der Waals surface area contributed by atoms with Gasteiger partial charge in [0.15, 0.2) is 4.90 Å². The number of hydrogen-bond donors (Lipinski definition) is 2. The van der Waals surface area contributed by atoms with Crippen LogP contribution in [0.5, 0.6) is 0 Å². The molecule has 0 spiro atoms. The molecule has 2 N–H and O–H groups in total. The molecule has 0 atom stereocenters. The van der Waals surface area contributed by atoms with Gasteiger partial charge in [0, 0.05) is 12.1 Å². The lowest BCUT2D eigenvalue weighted by molar-refractivity contribution is -0.387. The molecule has 2 rings (SSSR count). The van der Waals surface area contributed by atoms with Crippen LogP contribution in [0.25, 0.3) is 0 Å². The van der Waals surface area contributed by atoms with Crippen LogP contribution in [0, 0.1) is 24.0 Å². The van der Waals surface area contributed by atoms with Gasteiger partial charge in [0.25, 0.3) is 5.69 Å². The standard InChI is InChI=1S/C12H16N2O5S/c1-7-3-11(14(16)17)12(4-8(7)2)20(18,19)13-9-5-10(15)6-9/h3-4,9-10,13,15H,5-6H2,1-2H3. The Bertz CT molecular complexity index is 650. The number of nitrogens with zero attached hydrogens (tertiary/aromatic N) is 1. The van der Waals surface area contributed by atoms with E-state index in [0.717, 1.165) is 0 Å². The fourth-order valence-corrected chi connectivity index (χ4v) is 3.60. The van der Waals surface area contributed by atoms with Gasteiger partial charge in [-0.2, -0.15) is 0 Å². The Balaban J connectivity index is 2.40. The van der Waals surface area contributed by atoms with E-state index in [4.69, 9.17) is 5.11 Å². The second kappa shape index (κ2) is 5.12. The molecule has 8 heteroatoms. The van der Waals surface area contributed by atoms with Crippen molar-refractivity contribution in [2.24, 2.45) is 0 Å². The second-order valence-electron chi connectivity index (χ2n) is 5.10. The number of sulfonamides is 1. The van der Waals surface area contributed by atoms with Crippen LogP contribution in [0.2, 0.25) is 0 Å². The number of rotatable bonds is 4. The van der Waals surface area contributed by atoms with Crippen LogP contribution in [0.1, 0.15) is 24.0 Å². The van der Waals surface area contributed by atoms with Crippen molar-refractivity contribution >= 4 is 15.7 Å². The maximum Gasteiger partial charge on any atom is 0.289 e. The van der Waals surface area contributed by atoms with Gasteiger partial charge in [0.2, 0.25) is 10.0 Å². The van der Waals surface area contributed by atoms with Crippen molar-refractivity contribution in [2.45, 2.75) is 43.7 Å². The molecule has 1 aliphatic rings. The number of benzene rings is 1. The maximum atomic E-state index is 12.2. The lowest BCUT2D eigenvalue weighted by Gasteiger charge is -2.31. The minimum absolute atomic E-state index is 0.327. The number of nitro benzene ring substituents is 1.